The Morgan fingerprint density at radius 2 is 2.12 bits per heavy atom. The zero-order chi connectivity index (χ0) is 13.2. The number of carbonyl (C=O) groups is 1. The number of halogens is 3. The number of nitro groups is 1. The van der Waals surface area contributed by atoms with Crippen LogP contribution in [-0.4, -0.2) is 22.6 Å². The van der Waals surface area contributed by atoms with Crippen molar-refractivity contribution in [2.24, 2.45) is 0 Å². The third kappa shape index (κ3) is 3.13. The molecule has 0 saturated carbocycles. The third-order valence-corrected chi connectivity index (χ3v) is 1.75. The van der Waals surface area contributed by atoms with Gasteiger partial charge in [0.15, 0.2) is 6.29 Å². The smallest absolute Gasteiger partial charge is 0.387 e. The molecule has 0 N–H and O–H groups in total. The molecule has 0 aromatic carbocycles. The van der Waals surface area contributed by atoms with Gasteiger partial charge in [0.1, 0.15) is 5.69 Å². The summed E-state index contributed by atoms with van der Waals surface area (Å²) in [5.74, 6) is -1.01. The quantitative estimate of drug-likeness (QED) is 0.465. The lowest BCUT2D eigenvalue weighted by molar-refractivity contribution is -0.385. The van der Waals surface area contributed by atoms with Gasteiger partial charge in [0, 0.05) is 6.07 Å². The van der Waals surface area contributed by atoms with Crippen molar-refractivity contribution in [3.63, 3.8) is 0 Å². The van der Waals surface area contributed by atoms with E-state index in [1.165, 1.54) is 0 Å². The monoisotopic (exact) mass is 250 g/mol. The van der Waals surface area contributed by atoms with Gasteiger partial charge in [-0.2, -0.15) is 0 Å². The minimum Gasteiger partial charge on any atom is -0.387 e. The molecule has 0 aliphatic carbocycles. The minimum absolute atomic E-state index is 0.0929. The van der Waals surface area contributed by atoms with Crippen LogP contribution in [-0.2, 0) is 0 Å². The third-order valence-electron chi connectivity index (χ3n) is 1.75. The van der Waals surface area contributed by atoms with Crippen LogP contribution in [0, 0.1) is 17.0 Å². The van der Waals surface area contributed by atoms with Crippen LogP contribution in [0.4, 0.5) is 18.9 Å². The highest BCUT2D eigenvalue weighted by Gasteiger charge is 2.34. The van der Waals surface area contributed by atoms with E-state index in [9.17, 15) is 28.1 Å². The molecule has 17 heavy (non-hydrogen) atoms. The summed E-state index contributed by atoms with van der Waals surface area (Å²) in [5.41, 5.74) is -1.58. The lowest BCUT2D eigenvalue weighted by Crippen LogP contribution is -2.19. The topological polar surface area (TPSA) is 82.3 Å². The molecule has 9 heteroatoms. The van der Waals surface area contributed by atoms with Crippen molar-refractivity contribution in [3.05, 3.63) is 27.4 Å². The van der Waals surface area contributed by atoms with E-state index in [0.29, 0.717) is 0 Å². The van der Waals surface area contributed by atoms with E-state index in [1.807, 2.05) is 0 Å². The van der Waals surface area contributed by atoms with E-state index >= 15 is 0 Å². The maximum Gasteiger partial charge on any atom is 0.574 e. The van der Waals surface area contributed by atoms with Gasteiger partial charge in [0.25, 0.3) is 5.69 Å². The number of aromatic nitrogens is 1. The van der Waals surface area contributed by atoms with Crippen molar-refractivity contribution < 1.29 is 27.6 Å². The first-order chi connectivity index (χ1) is 7.74. The molecule has 0 fully saturated rings. The number of hydrogen-bond acceptors (Lipinski definition) is 5. The van der Waals surface area contributed by atoms with Crippen LogP contribution in [0.15, 0.2) is 6.07 Å². The summed E-state index contributed by atoms with van der Waals surface area (Å²) < 4.78 is 39.4. The molecule has 1 rings (SSSR count). The van der Waals surface area contributed by atoms with Gasteiger partial charge in [-0.25, -0.2) is 4.98 Å². The van der Waals surface area contributed by atoms with E-state index < -0.39 is 34.1 Å². The number of carbonyl (C=O) groups excluding carboxylic acids is 1. The van der Waals surface area contributed by atoms with Crippen LogP contribution in [0.3, 0.4) is 0 Å². The highest BCUT2D eigenvalue weighted by molar-refractivity contribution is 5.74. The Bertz CT molecular complexity index is 473. The predicted octanol–water partition coefficient (Wildman–Crippen LogP) is 2.01. The second kappa shape index (κ2) is 4.36. The second-order valence-electron chi connectivity index (χ2n) is 2.92. The molecule has 0 unspecified atom stereocenters. The zero-order valence-electron chi connectivity index (χ0n) is 8.32. The van der Waals surface area contributed by atoms with Gasteiger partial charge in [0.05, 0.1) is 10.5 Å². The number of rotatable bonds is 3. The van der Waals surface area contributed by atoms with E-state index in [0.717, 1.165) is 13.0 Å². The Balaban J connectivity index is 3.34. The van der Waals surface area contributed by atoms with Crippen molar-refractivity contribution in [2.75, 3.05) is 0 Å². The summed E-state index contributed by atoms with van der Waals surface area (Å²) in [6.07, 6.45) is -4.94. The highest BCUT2D eigenvalue weighted by Crippen LogP contribution is 2.30. The van der Waals surface area contributed by atoms with Gasteiger partial charge in [-0.1, -0.05) is 0 Å². The molecule has 0 amide bonds. The summed E-state index contributed by atoms with van der Waals surface area (Å²) in [7, 11) is 0. The van der Waals surface area contributed by atoms with E-state index in [-0.39, 0.29) is 6.29 Å². The Morgan fingerprint density at radius 3 is 2.53 bits per heavy atom. The van der Waals surface area contributed by atoms with E-state index in [2.05, 4.69) is 9.72 Å². The first-order valence-corrected chi connectivity index (χ1v) is 4.11. The Kier molecular flexibility index (Phi) is 3.30. The normalized spacial score (nSPS) is 11.1. The van der Waals surface area contributed by atoms with Gasteiger partial charge < -0.3 is 4.74 Å². The molecule has 0 bridgehead atoms. The number of nitrogens with zero attached hydrogens (tertiary/aromatic N) is 2. The highest BCUT2D eigenvalue weighted by atomic mass is 19.4. The maximum absolute atomic E-state index is 12.0. The predicted molar refractivity (Wildman–Crippen MR) is 47.7 cm³/mol. The van der Waals surface area contributed by atoms with E-state index in [4.69, 9.17) is 0 Å². The molecule has 6 nitrogen and oxygen atoms in total. The van der Waals surface area contributed by atoms with Crippen LogP contribution in [0.1, 0.15) is 16.1 Å². The molecular formula is C8H5F3N2O4. The molecule has 0 saturated heterocycles. The van der Waals surface area contributed by atoms with Crippen molar-refractivity contribution in [2.45, 2.75) is 13.3 Å². The second-order valence-corrected chi connectivity index (χ2v) is 2.92. The fourth-order valence-electron chi connectivity index (χ4n) is 1.05. The van der Waals surface area contributed by atoms with Gasteiger partial charge in [-0.05, 0) is 6.92 Å². The Labute approximate surface area is 92.2 Å². The summed E-state index contributed by atoms with van der Waals surface area (Å²) in [6, 6.07) is 0.769. The van der Waals surface area contributed by atoms with Crippen LogP contribution >= 0.6 is 0 Å². The largest absolute Gasteiger partial charge is 0.574 e. The molecule has 0 radical (unpaired) electrons. The average Bonchev–Trinajstić information content (AvgIpc) is 2.18. The fourth-order valence-corrected chi connectivity index (χ4v) is 1.05. The number of pyridine rings is 1. The number of ether oxygens (including phenoxy) is 1. The van der Waals surface area contributed by atoms with E-state index in [1.54, 1.807) is 0 Å². The Hall–Kier alpha value is -2.19. The van der Waals surface area contributed by atoms with Crippen LogP contribution < -0.4 is 4.74 Å². The minimum atomic E-state index is -5.03. The summed E-state index contributed by atoms with van der Waals surface area (Å²) in [5, 5.41) is 10.5. The number of alkyl halides is 3. The average molecular weight is 250 g/mol. The molecule has 0 atom stereocenters. The van der Waals surface area contributed by atoms with Crippen molar-refractivity contribution in [1.82, 2.24) is 4.98 Å². The van der Waals surface area contributed by atoms with Gasteiger partial charge in [-0.15, -0.1) is 13.2 Å². The SMILES string of the molecule is Cc1c([N+](=O)[O-])cc(C=O)nc1OC(F)(F)F. The number of aldehydes is 1. The fraction of sp³-hybridized carbons (Fsp3) is 0.250. The lowest BCUT2D eigenvalue weighted by atomic mass is 10.2. The van der Waals surface area contributed by atoms with Gasteiger partial charge in [-0.3, -0.25) is 14.9 Å². The van der Waals surface area contributed by atoms with Crippen LogP contribution in [0.2, 0.25) is 0 Å². The molecule has 0 aliphatic heterocycles. The molecule has 0 aliphatic rings. The van der Waals surface area contributed by atoms with Gasteiger partial charge >= 0.3 is 6.36 Å². The van der Waals surface area contributed by atoms with Crippen molar-refractivity contribution in [3.8, 4) is 5.88 Å². The summed E-state index contributed by atoms with van der Waals surface area (Å²) in [4.78, 5) is 23.2. The molecule has 92 valence electrons. The molecular weight excluding hydrogens is 245 g/mol. The van der Waals surface area contributed by atoms with Crippen LogP contribution in [0.5, 0.6) is 5.88 Å². The zero-order valence-corrected chi connectivity index (χ0v) is 8.32. The Morgan fingerprint density at radius 1 is 1.53 bits per heavy atom. The van der Waals surface area contributed by atoms with Crippen molar-refractivity contribution in [1.29, 1.82) is 0 Å². The number of hydrogen-bond donors (Lipinski definition) is 0. The standard InChI is InChI=1S/C8H5F3N2O4/c1-4-6(13(15)16)2-5(3-14)12-7(4)17-8(9,10)11/h2-3H,1H3. The molecule has 0 spiro atoms. The molecule has 1 aromatic heterocycles. The summed E-state index contributed by atoms with van der Waals surface area (Å²) >= 11 is 0. The van der Waals surface area contributed by atoms with Crippen molar-refractivity contribution >= 4 is 12.0 Å². The maximum atomic E-state index is 12.0. The summed E-state index contributed by atoms with van der Waals surface area (Å²) in [6.45, 7) is 1.04. The lowest BCUT2D eigenvalue weighted by Gasteiger charge is -2.10. The first-order valence-electron chi connectivity index (χ1n) is 4.11. The van der Waals surface area contributed by atoms with Gasteiger partial charge in [0.2, 0.25) is 5.88 Å². The van der Waals surface area contributed by atoms with Crippen LogP contribution in [0.25, 0.3) is 0 Å². The first kappa shape index (κ1) is 12.9. The molecule has 1 aromatic rings. The molecule has 1 heterocycles.